The third-order valence-electron chi connectivity index (χ3n) is 2.05. The molecule has 4 atom stereocenters. The second-order valence-corrected chi connectivity index (χ2v) is 3.64. The van der Waals surface area contributed by atoms with Gasteiger partial charge in [0.1, 0.15) is 11.2 Å². The molecule has 1 saturated heterocycles. The number of ether oxygens (including phenoxy) is 1. The predicted molar refractivity (Wildman–Crippen MR) is 41.9 cm³/mol. The summed E-state index contributed by atoms with van der Waals surface area (Å²) in [5.41, 5.74) is 0. The van der Waals surface area contributed by atoms with Crippen LogP contribution in [0.5, 0.6) is 0 Å². The number of rotatable bonds is 1. The van der Waals surface area contributed by atoms with E-state index in [0.717, 1.165) is 6.42 Å². The van der Waals surface area contributed by atoms with E-state index in [0.29, 0.717) is 0 Å². The molecule has 3 heteroatoms. The van der Waals surface area contributed by atoms with E-state index in [1.807, 2.05) is 13.8 Å². The van der Waals surface area contributed by atoms with Gasteiger partial charge in [-0.1, -0.05) is 29.8 Å². The number of alkyl halides is 2. The molecule has 60 valence electrons. The highest BCUT2D eigenvalue weighted by Crippen LogP contribution is 2.33. The van der Waals surface area contributed by atoms with Crippen molar-refractivity contribution in [2.45, 2.75) is 37.6 Å². The van der Waals surface area contributed by atoms with Crippen LogP contribution >= 0.6 is 15.9 Å². The number of hydrogen-bond acceptors (Lipinski definition) is 1. The molecule has 1 rings (SSSR count). The topological polar surface area (TPSA) is 9.23 Å². The minimum absolute atomic E-state index is 0.0365. The van der Waals surface area contributed by atoms with Gasteiger partial charge in [0.2, 0.25) is 0 Å². The van der Waals surface area contributed by atoms with Crippen LogP contribution in [0, 0.1) is 5.92 Å². The predicted octanol–water partition coefficient (Wildman–Crippen LogP) is 2.49. The largest absolute Gasteiger partial charge is 0.360 e. The van der Waals surface area contributed by atoms with Crippen LogP contribution in [0.15, 0.2) is 0 Å². The van der Waals surface area contributed by atoms with Crippen LogP contribution in [-0.4, -0.2) is 17.3 Å². The van der Waals surface area contributed by atoms with Crippen molar-refractivity contribution in [1.29, 1.82) is 0 Å². The Morgan fingerprint density at radius 1 is 1.60 bits per heavy atom. The van der Waals surface area contributed by atoms with E-state index >= 15 is 0 Å². The maximum Gasteiger partial charge on any atom is 0.144 e. The fourth-order valence-electron chi connectivity index (χ4n) is 1.28. The standard InChI is InChI=1S/C7H12BrFO/c1-3-5-4(2)6(9)7(8)10-5/h4-7H,3H2,1-2H3/i9-1. The summed E-state index contributed by atoms with van der Waals surface area (Å²) in [5.74, 6) is 0.0365. The van der Waals surface area contributed by atoms with Crippen molar-refractivity contribution in [2.75, 3.05) is 0 Å². The SMILES string of the molecule is CCC1OC(Br)C([18F])C1C. The lowest BCUT2D eigenvalue weighted by atomic mass is 10.0. The molecule has 1 nitrogen and oxygen atoms in total. The zero-order valence-corrected chi connectivity index (χ0v) is 7.77. The average molecular weight is 210 g/mol. The summed E-state index contributed by atoms with van der Waals surface area (Å²) in [6, 6.07) is 0. The first-order valence-corrected chi connectivity index (χ1v) is 4.52. The van der Waals surface area contributed by atoms with Gasteiger partial charge in [-0.2, -0.15) is 0 Å². The summed E-state index contributed by atoms with van der Waals surface area (Å²) in [5, 5.41) is -0.382. The highest BCUT2D eigenvalue weighted by Gasteiger charge is 2.39. The quantitative estimate of drug-likeness (QED) is 0.604. The third kappa shape index (κ3) is 1.35. The van der Waals surface area contributed by atoms with Crippen LogP contribution in [0.25, 0.3) is 0 Å². The van der Waals surface area contributed by atoms with Crippen molar-refractivity contribution < 1.29 is 9.13 Å². The van der Waals surface area contributed by atoms with Crippen LogP contribution in [-0.2, 0) is 4.74 Å². The molecule has 1 aliphatic rings. The summed E-state index contributed by atoms with van der Waals surface area (Å²) in [7, 11) is 0. The van der Waals surface area contributed by atoms with E-state index in [-0.39, 0.29) is 17.0 Å². The zero-order valence-electron chi connectivity index (χ0n) is 6.18. The van der Waals surface area contributed by atoms with Gasteiger partial charge < -0.3 is 4.74 Å². The molecule has 0 aromatic rings. The van der Waals surface area contributed by atoms with E-state index < -0.39 is 6.17 Å². The second kappa shape index (κ2) is 3.18. The Labute approximate surface area is 69.1 Å². The fourth-order valence-corrected chi connectivity index (χ4v) is 2.04. The van der Waals surface area contributed by atoms with Crippen LogP contribution < -0.4 is 0 Å². The van der Waals surface area contributed by atoms with Gasteiger partial charge in [-0.15, -0.1) is 0 Å². The molecule has 0 aliphatic carbocycles. The third-order valence-corrected chi connectivity index (χ3v) is 2.77. The normalized spacial score (nSPS) is 48.0. The Bertz CT molecular complexity index is 120. The lowest BCUT2D eigenvalue weighted by molar-refractivity contribution is 0.0750. The zero-order chi connectivity index (χ0) is 7.72. The average Bonchev–Trinajstić information content (AvgIpc) is 2.17. The summed E-state index contributed by atoms with van der Waals surface area (Å²) >= 11 is 3.13. The van der Waals surface area contributed by atoms with E-state index in [2.05, 4.69) is 15.9 Å². The molecule has 0 bridgehead atoms. The number of hydrogen-bond donors (Lipinski definition) is 0. The molecule has 4 unspecified atom stereocenters. The minimum atomic E-state index is -0.843. The molecule has 10 heavy (non-hydrogen) atoms. The van der Waals surface area contributed by atoms with Crippen molar-refractivity contribution >= 4 is 15.9 Å². The Hall–Kier alpha value is 0.370. The van der Waals surface area contributed by atoms with E-state index in [4.69, 9.17) is 4.74 Å². The Balaban J connectivity index is 2.53. The van der Waals surface area contributed by atoms with Crippen LogP contribution in [0.3, 0.4) is 0 Å². The van der Waals surface area contributed by atoms with Gasteiger partial charge in [0.05, 0.1) is 6.10 Å². The number of halogens is 2. The van der Waals surface area contributed by atoms with Gasteiger partial charge in [0.15, 0.2) is 0 Å². The van der Waals surface area contributed by atoms with E-state index in [1.165, 1.54) is 0 Å². The molecule has 1 fully saturated rings. The van der Waals surface area contributed by atoms with E-state index in [1.54, 1.807) is 0 Å². The Morgan fingerprint density at radius 2 is 2.20 bits per heavy atom. The first kappa shape index (κ1) is 8.47. The summed E-state index contributed by atoms with van der Waals surface area (Å²) in [4.78, 5) is 0. The van der Waals surface area contributed by atoms with Gasteiger partial charge >= 0.3 is 0 Å². The molecule has 0 saturated carbocycles. The lowest BCUT2D eigenvalue weighted by Crippen LogP contribution is -2.17. The summed E-state index contributed by atoms with van der Waals surface area (Å²) < 4.78 is 18.3. The van der Waals surface area contributed by atoms with Gasteiger partial charge in [0, 0.05) is 5.92 Å². The molecule has 1 aliphatic heterocycles. The van der Waals surface area contributed by atoms with Crippen molar-refractivity contribution in [2.24, 2.45) is 5.92 Å². The van der Waals surface area contributed by atoms with E-state index in [9.17, 15) is 4.39 Å². The minimum Gasteiger partial charge on any atom is -0.360 e. The molecular weight excluding hydrogens is 198 g/mol. The van der Waals surface area contributed by atoms with Gasteiger partial charge in [-0.3, -0.25) is 0 Å². The fraction of sp³-hybridized carbons (Fsp3) is 1.00. The smallest absolute Gasteiger partial charge is 0.144 e. The lowest BCUT2D eigenvalue weighted by Gasteiger charge is -2.10. The van der Waals surface area contributed by atoms with Crippen molar-refractivity contribution in [3.05, 3.63) is 0 Å². The molecule has 0 aromatic heterocycles. The van der Waals surface area contributed by atoms with Crippen LogP contribution in [0.1, 0.15) is 20.3 Å². The molecule has 0 N–H and O–H groups in total. The van der Waals surface area contributed by atoms with Crippen molar-refractivity contribution in [3.63, 3.8) is 0 Å². The van der Waals surface area contributed by atoms with Gasteiger partial charge in [0.25, 0.3) is 0 Å². The molecule has 0 radical (unpaired) electrons. The highest BCUT2D eigenvalue weighted by molar-refractivity contribution is 9.09. The monoisotopic (exact) mass is 209 g/mol. The van der Waals surface area contributed by atoms with Gasteiger partial charge in [-0.05, 0) is 6.42 Å². The van der Waals surface area contributed by atoms with Crippen molar-refractivity contribution in [3.8, 4) is 0 Å². The van der Waals surface area contributed by atoms with Gasteiger partial charge in [-0.25, -0.2) is 4.39 Å². The Kier molecular flexibility index (Phi) is 2.69. The molecule has 0 amide bonds. The summed E-state index contributed by atoms with van der Waals surface area (Å²) in [6.07, 6.45) is 0.147. The highest BCUT2D eigenvalue weighted by atomic mass is 79.9. The second-order valence-electron chi connectivity index (χ2n) is 2.74. The van der Waals surface area contributed by atoms with Crippen LogP contribution in [0.4, 0.5) is 4.39 Å². The molecule has 0 spiro atoms. The molecular formula is C7H12BrFO. The maximum absolute atomic E-state index is 13.0. The first-order valence-electron chi connectivity index (χ1n) is 3.60. The molecule has 1 heterocycles. The first-order chi connectivity index (χ1) is 4.66. The van der Waals surface area contributed by atoms with Crippen LogP contribution in [0.2, 0.25) is 0 Å². The maximum atomic E-state index is 13.0. The Morgan fingerprint density at radius 3 is 2.40 bits per heavy atom. The molecule has 0 aromatic carbocycles. The summed E-state index contributed by atoms with van der Waals surface area (Å²) in [6.45, 7) is 3.90. The van der Waals surface area contributed by atoms with Crippen molar-refractivity contribution in [1.82, 2.24) is 0 Å².